The van der Waals surface area contributed by atoms with Crippen LogP contribution in [-0.4, -0.2) is 55.4 Å². The number of methoxy groups -OCH3 is 1. The van der Waals surface area contributed by atoms with Crippen molar-refractivity contribution in [3.05, 3.63) is 35.9 Å². The van der Waals surface area contributed by atoms with Crippen molar-refractivity contribution < 1.29 is 14.6 Å². The first kappa shape index (κ1) is 15.6. The smallest absolute Gasteiger partial charge is 0.239 e. The second-order valence-electron chi connectivity index (χ2n) is 4.62. The molecular formula is C14H22N2O3. The van der Waals surface area contributed by atoms with Gasteiger partial charge in [-0.25, -0.2) is 0 Å². The largest absolute Gasteiger partial charge is 0.389 e. The lowest BCUT2D eigenvalue weighted by atomic mass is 10.1. The molecule has 106 valence electrons. The summed E-state index contributed by atoms with van der Waals surface area (Å²) in [5, 5.41) is 9.58. The Kier molecular flexibility index (Phi) is 6.49. The molecule has 0 spiro atoms. The molecule has 0 aliphatic heterocycles. The van der Waals surface area contributed by atoms with Gasteiger partial charge in [-0.05, 0) is 12.0 Å². The van der Waals surface area contributed by atoms with Gasteiger partial charge in [0.05, 0.1) is 18.8 Å². The topological polar surface area (TPSA) is 75.8 Å². The molecule has 0 aliphatic carbocycles. The van der Waals surface area contributed by atoms with Crippen molar-refractivity contribution in [2.45, 2.75) is 18.6 Å². The second kappa shape index (κ2) is 7.89. The average molecular weight is 266 g/mol. The number of benzene rings is 1. The van der Waals surface area contributed by atoms with Gasteiger partial charge in [0, 0.05) is 20.7 Å². The van der Waals surface area contributed by atoms with Crippen molar-refractivity contribution in [1.82, 2.24) is 4.90 Å². The summed E-state index contributed by atoms with van der Waals surface area (Å²) < 4.78 is 4.82. The van der Waals surface area contributed by atoms with Gasteiger partial charge in [-0.15, -0.1) is 0 Å². The molecule has 0 heterocycles. The summed E-state index contributed by atoms with van der Waals surface area (Å²) in [5.41, 5.74) is 6.92. The van der Waals surface area contributed by atoms with Crippen LogP contribution in [0.4, 0.5) is 0 Å². The molecule has 0 aromatic heterocycles. The van der Waals surface area contributed by atoms with Crippen LogP contribution >= 0.6 is 0 Å². The number of likely N-dealkylation sites (N-methyl/N-ethyl adjacent to an activating group) is 1. The highest BCUT2D eigenvalue weighted by atomic mass is 16.5. The first-order valence-electron chi connectivity index (χ1n) is 6.26. The molecule has 0 aliphatic rings. The molecule has 1 aromatic carbocycles. The summed E-state index contributed by atoms with van der Waals surface area (Å²) in [6, 6.07) is 9.03. The molecule has 1 amide bonds. The number of hydrogen-bond acceptors (Lipinski definition) is 4. The Morgan fingerprint density at radius 2 is 2.05 bits per heavy atom. The van der Waals surface area contributed by atoms with Crippen LogP contribution in [0.15, 0.2) is 30.3 Å². The third-order valence-corrected chi connectivity index (χ3v) is 2.84. The van der Waals surface area contributed by atoms with Gasteiger partial charge in [0.25, 0.3) is 0 Å². The van der Waals surface area contributed by atoms with E-state index >= 15 is 0 Å². The summed E-state index contributed by atoms with van der Waals surface area (Å²) in [6.45, 7) is 0.417. The maximum absolute atomic E-state index is 12.0. The summed E-state index contributed by atoms with van der Waals surface area (Å²) >= 11 is 0. The molecule has 0 saturated carbocycles. The zero-order chi connectivity index (χ0) is 14.3. The lowest BCUT2D eigenvalue weighted by Crippen LogP contribution is -2.46. The van der Waals surface area contributed by atoms with E-state index in [0.29, 0.717) is 6.42 Å². The van der Waals surface area contributed by atoms with Gasteiger partial charge < -0.3 is 20.5 Å². The number of amides is 1. The number of carbonyl (C=O) groups excluding carboxylic acids is 1. The standard InChI is InChI=1S/C14H22N2O3/c1-16(9-12(17)10-19-2)14(18)13(15)8-11-6-4-3-5-7-11/h3-7,12-13,17H,8-10,15H2,1-2H3/t12?,13-/m0/s1. The van der Waals surface area contributed by atoms with Crippen molar-refractivity contribution in [1.29, 1.82) is 0 Å². The fourth-order valence-electron chi connectivity index (χ4n) is 1.89. The highest BCUT2D eigenvalue weighted by Gasteiger charge is 2.20. The minimum atomic E-state index is -0.692. The Hall–Kier alpha value is -1.43. The number of hydrogen-bond donors (Lipinski definition) is 2. The molecule has 0 saturated heterocycles. The van der Waals surface area contributed by atoms with Crippen LogP contribution in [0.25, 0.3) is 0 Å². The predicted octanol–water partition coefficient (Wildman–Crippen LogP) is 0.0221. The molecule has 3 N–H and O–H groups in total. The molecule has 1 unspecified atom stereocenters. The van der Waals surface area contributed by atoms with Gasteiger partial charge >= 0.3 is 0 Å². The summed E-state index contributed by atoms with van der Waals surface area (Å²) in [6.07, 6.45) is -0.201. The number of aliphatic hydroxyl groups is 1. The molecule has 0 bridgehead atoms. The number of ether oxygens (including phenoxy) is 1. The summed E-state index contributed by atoms with van der Waals surface area (Å²) in [7, 11) is 3.14. The van der Waals surface area contributed by atoms with Crippen molar-refractivity contribution >= 4 is 5.91 Å². The summed E-state index contributed by atoms with van der Waals surface area (Å²) in [4.78, 5) is 13.5. The van der Waals surface area contributed by atoms with E-state index in [4.69, 9.17) is 10.5 Å². The number of aliphatic hydroxyl groups excluding tert-OH is 1. The maximum Gasteiger partial charge on any atom is 0.239 e. The van der Waals surface area contributed by atoms with Crippen molar-refractivity contribution in [2.24, 2.45) is 5.73 Å². The Balaban J connectivity index is 2.47. The van der Waals surface area contributed by atoms with E-state index in [1.54, 1.807) is 7.05 Å². The molecule has 2 atom stereocenters. The first-order chi connectivity index (χ1) is 9.04. The van der Waals surface area contributed by atoms with E-state index < -0.39 is 12.1 Å². The molecule has 1 rings (SSSR count). The fraction of sp³-hybridized carbons (Fsp3) is 0.500. The van der Waals surface area contributed by atoms with Crippen LogP contribution in [0.3, 0.4) is 0 Å². The number of rotatable bonds is 7. The highest BCUT2D eigenvalue weighted by Crippen LogP contribution is 2.04. The average Bonchev–Trinajstić information content (AvgIpc) is 2.39. The van der Waals surface area contributed by atoms with E-state index in [2.05, 4.69) is 0 Å². The van der Waals surface area contributed by atoms with Crippen LogP contribution in [0.2, 0.25) is 0 Å². The van der Waals surface area contributed by atoms with Crippen LogP contribution < -0.4 is 5.73 Å². The second-order valence-corrected chi connectivity index (χ2v) is 4.62. The summed E-state index contributed by atoms with van der Waals surface area (Å²) in [5.74, 6) is -0.181. The quantitative estimate of drug-likeness (QED) is 0.729. The maximum atomic E-state index is 12.0. The zero-order valence-electron chi connectivity index (χ0n) is 11.5. The molecule has 5 heteroatoms. The van der Waals surface area contributed by atoms with Gasteiger partial charge in [0.1, 0.15) is 0 Å². The molecule has 0 fully saturated rings. The predicted molar refractivity (Wildman–Crippen MR) is 73.6 cm³/mol. The van der Waals surface area contributed by atoms with E-state index in [0.717, 1.165) is 5.56 Å². The molecule has 0 radical (unpaired) electrons. The normalized spacial score (nSPS) is 13.9. The van der Waals surface area contributed by atoms with Crippen molar-refractivity contribution in [2.75, 3.05) is 27.3 Å². The Labute approximate surface area is 114 Å². The van der Waals surface area contributed by atoms with Gasteiger partial charge in [-0.2, -0.15) is 0 Å². The van der Waals surface area contributed by atoms with E-state index in [1.807, 2.05) is 30.3 Å². The van der Waals surface area contributed by atoms with Crippen LogP contribution in [0.5, 0.6) is 0 Å². The van der Waals surface area contributed by atoms with E-state index in [9.17, 15) is 9.90 Å². The Morgan fingerprint density at radius 3 is 2.63 bits per heavy atom. The minimum absolute atomic E-state index is 0.181. The highest BCUT2D eigenvalue weighted by molar-refractivity contribution is 5.81. The van der Waals surface area contributed by atoms with Crippen LogP contribution in [0, 0.1) is 0 Å². The monoisotopic (exact) mass is 266 g/mol. The zero-order valence-corrected chi connectivity index (χ0v) is 11.5. The molecule has 5 nitrogen and oxygen atoms in total. The van der Waals surface area contributed by atoms with E-state index in [1.165, 1.54) is 12.0 Å². The number of nitrogens with zero attached hydrogens (tertiary/aromatic N) is 1. The van der Waals surface area contributed by atoms with Crippen LogP contribution in [-0.2, 0) is 16.0 Å². The van der Waals surface area contributed by atoms with Gasteiger partial charge in [-0.1, -0.05) is 30.3 Å². The van der Waals surface area contributed by atoms with Gasteiger partial charge in [0.15, 0.2) is 0 Å². The number of carbonyl (C=O) groups is 1. The number of nitrogens with two attached hydrogens (primary N) is 1. The third-order valence-electron chi connectivity index (χ3n) is 2.84. The van der Waals surface area contributed by atoms with Crippen LogP contribution in [0.1, 0.15) is 5.56 Å². The third kappa shape index (κ3) is 5.38. The lowest BCUT2D eigenvalue weighted by Gasteiger charge is -2.23. The molecule has 19 heavy (non-hydrogen) atoms. The minimum Gasteiger partial charge on any atom is -0.389 e. The van der Waals surface area contributed by atoms with Crippen molar-refractivity contribution in [3.8, 4) is 0 Å². The van der Waals surface area contributed by atoms with Gasteiger partial charge in [0.2, 0.25) is 5.91 Å². The van der Waals surface area contributed by atoms with Crippen molar-refractivity contribution in [3.63, 3.8) is 0 Å². The molecular weight excluding hydrogens is 244 g/mol. The first-order valence-corrected chi connectivity index (χ1v) is 6.26. The fourth-order valence-corrected chi connectivity index (χ4v) is 1.89. The Morgan fingerprint density at radius 1 is 1.42 bits per heavy atom. The lowest BCUT2D eigenvalue weighted by molar-refractivity contribution is -0.132. The Bertz CT molecular complexity index is 384. The van der Waals surface area contributed by atoms with Gasteiger partial charge in [-0.3, -0.25) is 4.79 Å². The SMILES string of the molecule is COCC(O)CN(C)C(=O)[C@@H](N)Cc1ccccc1. The van der Waals surface area contributed by atoms with E-state index in [-0.39, 0.29) is 19.1 Å². The molecule has 1 aromatic rings.